The number of rotatable bonds is 6. The average molecular weight is 202 g/mol. The maximum Gasteiger partial charge on any atom is 0.222 e. The Hall–Kier alpha value is -0.610. The van der Waals surface area contributed by atoms with Gasteiger partial charge in [0.1, 0.15) is 0 Å². The average Bonchev–Trinajstić information content (AvgIpc) is 2.13. The van der Waals surface area contributed by atoms with E-state index in [2.05, 4.69) is 5.32 Å². The minimum atomic E-state index is -0.468. The van der Waals surface area contributed by atoms with Crippen LogP contribution in [0.5, 0.6) is 0 Å². The fraction of sp³-hybridized carbons (Fsp3) is 0.900. The van der Waals surface area contributed by atoms with Crippen LogP contribution in [0.15, 0.2) is 0 Å². The molecule has 4 heteroatoms. The van der Waals surface area contributed by atoms with E-state index in [-0.39, 0.29) is 17.7 Å². The van der Waals surface area contributed by atoms with Crippen LogP contribution in [-0.4, -0.2) is 30.2 Å². The SMILES string of the molecule is CC(CCN)C(=O)NCC(O)C(C)C. The number of carbonyl (C=O) groups excluding carboxylic acids is 1. The van der Waals surface area contributed by atoms with E-state index in [4.69, 9.17) is 5.73 Å². The van der Waals surface area contributed by atoms with Crippen molar-refractivity contribution in [1.29, 1.82) is 0 Å². The molecule has 0 heterocycles. The van der Waals surface area contributed by atoms with Gasteiger partial charge < -0.3 is 16.2 Å². The van der Waals surface area contributed by atoms with Crippen molar-refractivity contribution in [3.8, 4) is 0 Å². The molecular weight excluding hydrogens is 180 g/mol. The van der Waals surface area contributed by atoms with Crippen LogP contribution >= 0.6 is 0 Å². The molecular formula is C10H22N2O2. The molecule has 4 nitrogen and oxygen atoms in total. The molecule has 0 rings (SSSR count). The van der Waals surface area contributed by atoms with Crippen LogP contribution in [0.4, 0.5) is 0 Å². The molecule has 84 valence electrons. The largest absolute Gasteiger partial charge is 0.391 e. The fourth-order valence-electron chi connectivity index (χ4n) is 0.996. The van der Waals surface area contributed by atoms with Gasteiger partial charge in [-0.15, -0.1) is 0 Å². The van der Waals surface area contributed by atoms with Crippen molar-refractivity contribution in [3.63, 3.8) is 0 Å². The van der Waals surface area contributed by atoms with Gasteiger partial charge in [-0.05, 0) is 18.9 Å². The third kappa shape index (κ3) is 5.19. The molecule has 0 aliphatic heterocycles. The van der Waals surface area contributed by atoms with Gasteiger partial charge in [0.05, 0.1) is 6.10 Å². The molecule has 2 atom stereocenters. The van der Waals surface area contributed by atoms with Crippen molar-refractivity contribution in [2.24, 2.45) is 17.6 Å². The Morgan fingerprint density at radius 3 is 2.43 bits per heavy atom. The minimum absolute atomic E-state index is 0.0323. The van der Waals surface area contributed by atoms with Crippen LogP contribution in [0.25, 0.3) is 0 Å². The zero-order valence-corrected chi connectivity index (χ0v) is 9.29. The topological polar surface area (TPSA) is 75.4 Å². The second kappa shape index (κ2) is 6.79. The number of hydrogen-bond donors (Lipinski definition) is 3. The number of amides is 1. The number of hydrogen-bond acceptors (Lipinski definition) is 3. The van der Waals surface area contributed by atoms with Crippen LogP contribution in [0.1, 0.15) is 27.2 Å². The standard InChI is InChI=1S/C10H22N2O2/c1-7(2)9(13)6-12-10(14)8(3)4-5-11/h7-9,13H,4-6,11H2,1-3H3,(H,12,14). The van der Waals surface area contributed by atoms with Gasteiger partial charge in [-0.25, -0.2) is 0 Å². The van der Waals surface area contributed by atoms with Gasteiger partial charge in [0.15, 0.2) is 0 Å². The molecule has 4 N–H and O–H groups in total. The van der Waals surface area contributed by atoms with Gasteiger partial charge in [-0.2, -0.15) is 0 Å². The summed E-state index contributed by atoms with van der Waals surface area (Å²) in [5, 5.41) is 12.2. The molecule has 0 spiro atoms. The van der Waals surface area contributed by atoms with Crippen LogP contribution in [-0.2, 0) is 4.79 Å². The molecule has 0 aromatic carbocycles. The first kappa shape index (κ1) is 13.4. The Morgan fingerprint density at radius 2 is 2.00 bits per heavy atom. The summed E-state index contributed by atoms with van der Waals surface area (Å²) in [4.78, 5) is 11.4. The Morgan fingerprint density at radius 1 is 1.43 bits per heavy atom. The van der Waals surface area contributed by atoms with E-state index in [0.29, 0.717) is 19.5 Å². The maximum atomic E-state index is 11.4. The smallest absolute Gasteiger partial charge is 0.222 e. The van der Waals surface area contributed by atoms with Crippen molar-refractivity contribution in [2.75, 3.05) is 13.1 Å². The van der Waals surface area contributed by atoms with Gasteiger partial charge >= 0.3 is 0 Å². The van der Waals surface area contributed by atoms with Crippen molar-refractivity contribution in [2.45, 2.75) is 33.3 Å². The quantitative estimate of drug-likeness (QED) is 0.572. The van der Waals surface area contributed by atoms with E-state index in [1.54, 1.807) is 0 Å². The summed E-state index contributed by atoms with van der Waals surface area (Å²) < 4.78 is 0. The van der Waals surface area contributed by atoms with Crippen LogP contribution in [0.3, 0.4) is 0 Å². The molecule has 0 saturated heterocycles. The molecule has 0 aliphatic rings. The molecule has 14 heavy (non-hydrogen) atoms. The molecule has 0 aromatic heterocycles. The lowest BCUT2D eigenvalue weighted by Gasteiger charge is -2.17. The van der Waals surface area contributed by atoms with E-state index < -0.39 is 6.10 Å². The lowest BCUT2D eigenvalue weighted by Crippen LogP contribution is -2.37. The molecule has 1 amide bonds. The third-order valence-electron chi connectivity index (χ3n) is 2.30. The molecule has 0 aromatic rings. The number of carbonyl (C=O) groups is 1. The number of aliphatic hydroxyl groups excluding tert-OH is 1. The van der Waals surface area contributed by atoms with Crippen LogP contribution in [0.2, 0.25) is 0 Å². The van der Waals surface area contributed by atoms with Crippen LogP contribution < -0.4 is 11.1 Å². The highest BCUT2D eigenvalue weighted by atomic mass is 16.3. The highest BCUT2D eigenvalue weighted by Gasteiger charge is 2.14. The normalized spacial score (nSPS) is 15.3. The third-order valence-corrected chi connectivity index (χ3v) is 2.30. The van der Waals surface area contributed by atoms with Crippen LogP contribution in [0, 0.1) is 11.8 Å². The van der Waals surface area contributed by atoms with E-state index >= 15 is 0 Å². The monoisotopic (exact) mass is 202 g/mol. The molecule has 2 unspecified atom stereocenters. The Kier molecular flexibility index (Phi) is 6.49. The van der Waals surface area contributed by atoms with Gasteiger partial charge in [-0.1, -0.05) is 20.8 Å². The second-order valence-corrected chi connectivity index (χ2v) is 4.03. The highest BCUT2D eigenvalue weighted by Crippen LogP contribution is 2.02. The minimum Gasteiger partial charge on any atom is -0.391 e. The molecule has 0 fully saturated rings. The number of nitrogens with two attached hydrogens (primary N) is 1. The van der Waals surface area contributed by atoms with Gasteiger partial charge in [0.25, 0.3) is 0 Å². The van der Waals surface area contributed by atoms with E-state index in [9.17, 15) is 9.90 Å². The van der Waals surface area contributed by atoms with Crippen molar-refractivity contribution in [3.05, 3.63) is 0 Å². The molecule has 0 bridgehead atoms. The Balaban J connectivity index is 3.73. The molecule has 0 saturated carbocycles. The number of aliphatic hydroxyl groups is 1. The van der Waals surface area contributed by atoms with Crippen molar-refractivity contribution >= 4 is 5.91 Å². The van der Waals surface area contributed by atoms with Gasteiger partial charge in [0.2, 0.25) is 5.91 Å². The summed E-state index contributed by atoms with van der Waals surface area (Å²) in [5.41, 5.74) is 5.34. The first-order valence-electron chi connectivity index (χ1n) is 5.14. The molecule has 0 aliphatic carbocycles. The van der Waals surface area contributed by atoms with E-state index in [0.717, 1.165) is 0 Å². The van der Waals surface area contributed by atoms with E-state index in [1.807, 2.05) is 20.8 Å². The van der Waals surface area contributed by atoms with E-state index in [1.165, 1.54) is 0 Å². The molecule has 0 radical (unpaired) electrons. The van der Waals surface area contributed by atoms with Gasteiger partial charge in [0, 0.05) is 12.5 Å². The van der Waals surface area contributed by atoms with Gasteiger partial charge in [-0.3, -0.25) is 4.79 Å². The summed E-state index contributed by atoms with van der Waals surface area (Å²) in [6.07, 6.45) is 0.216. The zero-order chi connectivity index (χ0) is 11.1. The fourth-order valence-corrected chi connectivity index (χ4v) is 0.996. The van der Waals surface area contributed by atoms with Crippen molar-refractivity contribution in [1.82, 2.24) is 5.32 Å². The first-order valence-corrected chi connectivity index (χ1v) is 5.14. The zero-order valence-electron chi connectivity index (χ0n) is 9.29. The number of nitrogens with one attached hydrogen (secondary N) is 1. The predicted molar refractivity (Wildman–Crippen MR) is 56.7 cm³/mol. The second-order valence-electron chi connectivity index (χ2n) is 4.03. The summed E-state index contributed by atoms with van der Waals surface area (Å²) in [5.74, 6) is 0.0645. The lowest BCUT2D eigenvalue weighted by atomic mass is 10.1. The first-order chi connectivity index (χ1) is 6.49. The summed E-state index contributed by atoms with van der Waals surface area (Å²) in [7, 11) is 0. The van der Waals surface area contributed by atoms with Crippen molar-refractivity contribution < 1.29 is 9.90 Å². The highest BCUT2D eigenvalue weighted by molar-refractivity contribution is 5.78. The predicted octanol–water partition coefficient (Wildman–Crippen LogP) is 0.104. The Labute approximate surface area is 85.9 Å². The lowest BCUT2D eigenvalue weighted by molar-refractivity contribution is -0.125. The summed E-state index contributed by atoms with van der Waals surface area (Å²) in [6.45, 7) is 6.51. The summed E-state index contributed by atoms with van der Waals surface area (Å²) in [6, 6.07) is 0. The Bertz CT molecular complexity index is 172. The maximum absolute atomic E-state index is 11.4. The summed E-state index contributed by atoms with van der Waals surface area (Å²) >= 11 is 0.